The maximum absolute atomic E-state index is 12.8. The SMILES string of the molecule is CC(=O)OC(C)CC(OC(C)=O)C(=O)N1CCc2ccccc2C1. The van der Waals surface area contributed by atoms with Crippen LogP contribution in [0.4, 0.5) is 0 Å². The highest BCUT2D eigenvalue weighted by Gasteiger charge is 2.31. The summed E-state index contributed by atoms with van der Waals surface area (Å²) in [5, 5.41) is 0. The average Bonchev–Trinajstić information content (AvgIpc) is 2.52. The number of benzene rings is 1. The van der Waals surface area contributed by atoms with E-state index in [1.165, 1.54) is 19.4 Å². The second kappa shape index (κ2) is 7.95. The van der Waals surface area contributed by atoms with Crippen molar-refractivity contribution in [3.05, 3.63) is 35.4 Å². The molecule has 130 valence electrons. The van der Waals surface area contributed by atoms with Crippen molar-refractivity contribution in [3.8, 4) is 0 Å². The summed E-state index contributed by atoms with van der Waals surface area (Å²) in [7, 11) is 0. The Morgan fingerprint density at radius 3 is 2.33 bits per heavy atom. The Morgan fingerprint density at radius 1 is 1.08 bits per heavy atom. The van der Waals surface area contributed by atoms with Crippen molar-refractivity contribution in [1.82, 2.24) is 4.90 Å². The van der Waals surface area contributed by atoms with E-state index in [-0.39, 0.29) is 12.3 Å². The van der Waals surface area contributed by atoms with Gasteiger partial charge >= 0.3 is 11.9 Å². The molecule has 1 aliphatic rings. The Morgan fingerprint density at radius 2 is 1.71 bits per heavy atom. The van der Waals surface area contributed by atoms with E-state index in [4.69, 9.17) is 9.47 Å². The Labute approximate surface area is 141 Å². The first kappa shape index (κ1) is 18.0. The van der Waals surface area contributed by atoms with Gasteiger partial charge < -0.3 is 14.4 Å². The van der Waals surface area contributed by atoms with E-state index in [1.54, 1.807) is 11.8 Å². The van der Waals surface area contributed by atoms with Gasteiger partial charge in [-0.15, -0.1) is 0 Å². The van der Waals surface area contributed by atoms with Gasteiger partial charge in [0.1, 0.15) is 6.10 Å². The number of hydrogen-bond acceptors (Lipinski definition) is 5. The van der Waals surface area contributed by atoms with Gasteiger partial charge in [-0.1, -0.05) is 24.3 Å². The lowest BCUT2D eigenvalue weighted by atomic mass is 9.99. The molecule has 1 aliphatic heterocycles. The minimum absolute atomic E-state index is 0.149. The van der Waals surface area contributed by atoms with Crippen LogP contribution in [0.3, 0.4) is 0 Å². The van der Waals surface area contributed by atoms with Crippen molar-refractivity contribution in [3.63, 3.8) is 0 Å². The molecule has 0 saturated carbocycles. The van der Waals surface area contributed by atoms with Crippen molar-refractivity contribution in [1.29, 1.82) is 0 Å². The van der Waals surface area contributed by atoms with Crippen LogP contribution in [-0.2, 0) is 36.8 Å². The van der Waals surface area contributed by atoms with Crippen LogP contribution in [0.2, 0.25) is 0 Å². The summed E-state index contributed by atoms with van der Waals surface area (Å²) in [4.78, 5) is 36.8. The zero-order valence-corrected chi connectivity index (χ0v) is 14.3. The summed E-state index contributed by atoms with van der Waals surface area (Å²) in [6.45, 7) is 5.32. The van der Waals surface area contributed by atoms with Crippen LogP contribution in [0.15, 0.2) is 24.3 Å². The monoisotopic (exact) mass is 333 g/mol. The number of carbonyl (C=O) groups excluding carboxylic acids is 3. The molecule has 0 aromatic heterocycles. The largest absolute Gasteiger partial charge is 0.463 e. The molecule has 2 rings (SSSR count). The van der Waals surface area contributed by atoms with Crippen molar-refractivity contribution in [2.24, 2.45) is 0 Å². The lowest BCUT2D eigenvalue weighted by molar-refractivity contribution is -0.163. The van der Waals surface area contributed by atoms with Crippen LogP contribution in [-0.4, -0.2) is 41.5 Å². The maximum atomic E-state index is 12.8. The van der Waals surface area contributed by atoms with Gasteiger partial charge in [-0.3, -0.25) is 14.4 Å². The molecule has 24 heavy (non-hydrogen) atoms. The summed E-state index contributed by atoms with van der Waals surface area (Å²) in [5.74, 6) is -1.21. The third-order valence-corrected chi connectivity index (χ3v) is 3.94. The number of ether oxygens (including phenoxy) is 2. The molecule has 6 heteroatoms. The molecule has 2 unspecified atom stereocenters. The zero-order chi connectivity index (χ0) is 17.7. The van der Waals surface area contributed by atoms with Crippen LogP contribution < -0.4 is 0 Å². The molecule has 1 heterocycles. The number of hydrogen-bond donors (Lipinski definition) is 0. The molecule has 0 fully saturated rings. The lowest BCUT2D eigenvalue weighted by Crippen LogP contribution is -2.45. The first-order chi connectivity index (χ1) is 11.4. The predicted molar refractivity (Wildman–Crippen MR) is 87.0 cm³/mol. The summed E-state index contributed by atoms with van der Waals surface area (Å²) in [6, 6.07) is 7.98. The van der Waals surface area contributed by atoms with Crippen molar-refractivity contribution in [2.75, 3.05) is 6.54 Å². The van der Waals surface area contributed by atoms with Crippen LogP contribution in [0.1, 0.15) is 38.3 Å². The van der Waals surface area contributed by atoms with E-state index in [0.717, 1.165) is 12.0 Å². The zero-order valence-electron chi connectivity index (χ0n) is 14.3. The Bertz CT molecular complexity index is 628. The topological polar surface area (TPSA) is 72.9 Å². The van der Waals surface area contributed by atoms with E-state index in [1.807, 2.05) is 18.2 Å². The Kier molecular flexibility index (Phi) is 5.95. The summed E-state index contributed by atoms with van der Waals surface area (Å²) in [6.07, 6.45) is -0.528. The fourth-order valence-corrected chi connectivity index (χ4v) is 2.92. The number of fused-ring (bicyclic) bond motifs is 1. The van der Waals surface area contributed by atoms with E-state index < -0.39 is 24.1 Å². The quantitative estimate of drug-likeness (QED) is 0.769. The standard InChI is InChI=1S/C18H23NO5/c1-12(23-13(2)20)10-17(24-14(3)21)18(22)19-9-8-15-6-4-5-7-16(15)11-19/h4-7,12,17H,8-11H2,1-3H3. The number of amides is 1. The molecule has 0 aliphatic carbocycles. The van der Waals surface area contributed by atoms with Crippen molar-refractivity contribution in [2.45, 2.75) is 52.4 Å². The Balaban J connectivity index is 2.07. The van der Waals surface area contributed by atoms with E-state index in [9.17, 15) is 14.4 Å². The first-order valence-electron chi connectivity index (χ1n) is 8.07. The Hall–Kier alpha value is -2.37. The molecule has 0 spiro atoms. The van der Waals surface area contributed by atoms with E-state index >= 15 is 0 Å². The predicted octanol–water partition coefficient (Wildman–Crippen LogP) is 1.84. The maximum Gasteiger partial charge on any atom is 0.303 e. The first-order valence-corrected chi connectivity index (χ1v) is 8.07. The molecule has 6 nitrogen and oxygen atoms in total. The molecular weight excluding hydrogens is 310 g/mol. The van der Waals surface area contributed by atoms with Crippen LogP contribution >= 0.6 is 0 Å². The van der Waals surface area contributed by atoms with E-state index in [0.29, 0.717) is 13.1 Å². The second-order valence-electron chi connectivity index (χ2n) is 6.03. The summed E-state index contributed by atoms with van der Waals surface area (Å²) in [5.41, 5.74) is 2.34. The minimum Gasteiger partial charge on any atom is -0.463 e. The smallest absolute Gasteiger partial charge is 0.303 e. The molecule has 1 amide bonds. The van der Waals surface area contributed by atoms with Gasteiger partial charge in [0.25, 0.3) is 5.91 Å². The molecule has 1 aromatic rings. The van der Waals surface area contributed by atoms with E-state index in [2.05, 4.69) is 6.07 Å². The lowest BCUT2D eigenvalue weighted by Gasteiger charge is -2.32. The molecule has 2 atom stereocenters. The highest BCUT2D eigenvalue weighted by atomic mass is 16.6. The molecule has 0 saturated heterocycles. The highest BCUT2D eigenvalue weighted by molar-refractivity contribution is 5.83. The highest BCUT2D eigenvalue weighted by Crippen LogP contribution is 2.21. The van der Waals surface area contributed by atoms with Crippen molar-refractivity contribution >= 4 is 17.8 Å². The summed E-state index contributed by atoms with van der Waals surface area (Å²) < 4.78 is 10.2. The molecule has 0 radical (unpaired) electrons. The number of carbonyl (C=O) groups is 3. The van der Waals surface area contributed by atoms with Crippen LogP contribution in [0.5, 0.6) is 0 Å². The third kappa shape index (κ3) is 4.81. The molecule has 1 aromatic carbocycles. The van der Waals surface area contributed by atoms with Gasteiger partial charge in [-0.25, -0.2) is 0 Å². The number of nitrogens with zero attached hydrogens (tertiary/aromatic N) is 1. The van der Waals surface area contributed by atoms with Gasteiger partial charge in [-0.05, 0) is 24.5 Å². The number of rotatable bonds is 5. The van der Waals surface area contributed by atoms with Gasteiger partial charge in [-0.2, -0.15) is 0 Å². The van der Waals surface area contributed by atoms with Crippen LogP contribution in [0.25, 0.3) is 0 Å². The molecule has 0 N–H and O–H groups in total. The second-order valence-corrected chi connectivity index (χ2v) is 6.03. The third-order valence-electron chi connectivity index (χ3n) is 3.94. The summed E-state index contributed by atoms with van der Waals surface area (Å²) >= 11 is 0. The molecular formula is C18H23NO5. The molecule has 0 bridgehead atoms. The normalized spacial score (nSPS) is 15.9. The number of esters is 2. The van der Waals surface area contributed by atoms with Crippen LogP contribution in [0, 0.1) is 0 Å². The minimum atomic E-state index is -0.942. The fraction of sp³-hybridized carbons (Fsp3) is 0.500. The fourth-order valence-electron chi connectivity index (χ4n) is 2.92. The van der Waals surface area contributed by atoms with Gasteiger partial charge in [0.2, 0.25) is 0 Å². The average molecular weight is 333 g/mol. The van der Waals surface area contributed by atoms with Crippen molar-refractivity contribution < 1.29 is 23.9 Å². The van der Waals surface area contributed by atoms with Gasteiger partial charge in [0.05, 0.1) is 0 Å². The van der Waals surface area contributed by atoms with Gasteiger partial charge in [0.15, 0.2) is 6.10 Å². The van der Waals surface area contributed by atoms with Gasteiger partial charge in [0, 0.05) is 33.4 Å².